The van der Waals surface area contributed by atoms with E-state index in [0.717, 1.165) is 0 Å². The molecule has 0 radical (unpaired) electrons. The van der Waals surface area contributed by atoms with Crippen LogP contribution in [-0.4, -0.2) is 44.0 Å². The van der Waals surface area contributed by atoms with Crippen LogP contribution in [0.4, 0.5) is 0 Å². The van der Waals surface area contributed by atoms with E-state index < -0.39 is 0 Å². The second-order valence-corrected chi connectivity index (χ2v) is 4.52. The Bertz CT molecular complexity index is 280. The van der Waals surface area contributed by atoms with Crippen molar-refractivity contribution in [2.75, 3.05) is 28.2 Å². The minimum Gasteiger partial charge on any atom is -0.305 e. The Morgan fingerprint density at radius 2 is 1.40 bits per heavy atom. The minimum atomic E-state index is 0.446. The highest BCUT2D eigenvalue weighted by Crippen LogP contribution is 2.23. The third-order valence-electron chi connectivity index (χ3n) is 2.97. The molecule has 0 saturated carbocycles. The van der Waals surface area contributed by atoms with E-state index in [0.29, 0.717) is 12.1 Å². The highest BCUT2D eigenvalue weighted by atomic mass is 15.2. The van der Waals surface area contributed by atoms with Crippen molar-refractivity contribution < 1.29 is 0 Å². The standard InChI is InChI=1S/C13H22N2/c1-11(14(2)3)13(15(4)5)12-9-7-6-8-10-12/h6-11,13H,1-5H3/t11-,13-/m0/s1. The van der Waals surface area contributed by atoms with E-state index in [9.17, 15) is 0 Å². The molecule has 0 aromatic heterocycles. The quantitative estimate of drug-likeness (QED) is 0.745. The molecule has 0 N–H and O–H groups in total. The molecule has 0 fully saturated rings. The number of rotatable bonds is 4. The zero-order valence-corrected chi connectivity index (χ0v) is 10.4. The van der Waals surface area contributed by atoms with Crippen molar-refractivity contribution >= 4 is 0 Å². The van der Waals surface area contributed by atoms with Crippen LogP contribution in [0.3, 0.4) is 0 Å². The third-order valence-corrected chi connectivity index (χ3v) is 2.97. The number of benzene rings is 1. The van der Waals surface area contributed by atoms with Crippen molar-refractivity contribution in [3.05, 3.63) is 35.9 Å². The van der Waals surface area contributed by atoms with Gasteiger partial charge in [0.1, 0.15) is 0 Å². The molecule has 84 valence electrons. The minimum absolute atomic E-state index is 0.446. The molecule has 15 heavy (non-hydrogen) atoms. The van der Waals surface area contributed by atoms with Crippen LogP contribution in [0, 0.1) is 0 Å². The summed E-state index contributed by atoms with van der Waals surface area (Å²) in [5.41, 5.74) is 1.38. The maximum absolute atomic E-state index is 2.28. The normalized spacial score (nSPS) is 15.7. The van der Waals surface area contributed by atoms with E-state index in [2.05, 4.69) is 75.2 Å². The lowest BCUT2D eigenvalue weighted by Gasteiger charge is -2.34. The van der Waals surface area contributed by atoms with E-state index in [1.165, 1.54) is 5.56 Å². The fourth-order valence-corrected chi connectivity index (χ4v) is 1.94. The van der Waals surface area contributed by atoms with Gasteiger partial charge < -0.3 is 9.80 Å². The summed E-state index contributed by atoms with van der Waals surface area (Å²) in [5.74, 6) is 0. The van der Waals surface area contributed by atoms with E-state index in [4.69, 9.17) is 0 Å². The zero-order valence-electron chi connectivity index (χ0n) is 10.4. The van der Waals surface area contributed by atoms with Crippen molar-refractivity contribution in [3.8, 4) is 0 Å². The lowest BCUT2D eigenvalue weighted by molar-refractivity contribution is 0.164. The van der Waals surface area contributed by atoms with Crippen LogP contribution in [0.25, 0.3) is 0 Å². The Labute approximate surface area is 93.5 Å². The van der Waals surface area contributed by atoms with Gasteiger partial charge in [0, 0.05) is 12.1 Å². The zero-order chi connectivity index (χ0) is 11.4. The number of hydrogen-bond donors (Lipinski definition) is 0. The molecule has 2 atom stereocenters. The Morgan fingerprint density at radius 3 is 1.80 bits per heavy atom. The summed E-state index contributed by atoms with van der Waals surface area (Å²) in [7, 11) is 8.53. The van der Waals surface area contributed by atoms with Gasteiger partial charge in [0.25, 0.3) is 0 Å². The summed E-state index contributed by atoms with van der Waals surface area (Å²) in [6, 6.07) is 11.6. The average molecular weight is 206 g/mol. The van der Waals surface area contributed by atoms with Gasteiger partial charge in [-0.25, -0.2) is 0 Å². The SMILES string of the molecule is C[C@@H]([C@@H](c1ccccc1)N(C)C)N(C)C. The molecular weight excluding hydrogens is 184 g/mol. The smallest absolute Gasteiger partial charge is 0.0495 e. The molecule has 1 aromatic carbocycles. The molecule has 2 nitrogen and oxygen atoms in total. The van der Waals surface area contributed by atoms with Gasteiger partial charge >= 0.3 is 0 Å². The highest BCUT2D eigenvalue weighted by Gasteiger charge is 2.22. The molecule has 0 spiro atoms. The van der Waals surface area contributed by atoms with Crippen molar-refractivity contribution in [1.82, 2.24) is 9.80 Å². The summed E-state index contributed by atoms with van der Waals surface area (Å²) in [5, 5.41) is 0. The molecule has 2 heteroatoms. The molecule has 0 aliphatic heterocycles. The first-order valence-corrected chi connectivity index (χ1v) is 5.42. The monoisotopic (exact) mass is 206 g/mol. The summed E-state index contributed by atoms with van der Waals surface area (Å²) < 4.78 is 0. The van der Waals surface area contributed by atoms with Crippen LogP contribution in [0.5, 0.6) is 0 Å². The fourth-order valence-electron chi connectivity index (χ4n) is 1.94. The summed E-state index contributed by atoms with van der Waals surface area (Å²) in [6.45, 7) is 2.26. The molecule has 0 aliphatic rings. The van der Waals surface area contributed by atoms with Crippen LogP contribution >= 0.6 is 0 Å². The number of likely N-dealkylation sites (N-methyl/N-ethyl adjacent to an activating group) is 2. The molecule has 0 aliphatic carbocycles. The highest BCUT2D eigenvalue weighted by molar-refractivity contribution is 5.20. The van der Waals surface area contributed by atoms with Crippen molar-refractivity contribution in [2.45, 2.75) is 19.0 Å². The van der Waals surface area contributed by atoms with E-state index >= 15 is 0 Å². The van der Waals surface area contributed by atoms with E-state index in [1.54, 1.807) is 0 Å². The van der Waals surface area contributed by atoms with Crippen molar-refractivity contribution in [3.63, 3.8) is 0 Å². The summed E-state index contributed by atoms with van der Waals surface area (Å²) in [6.07, 6.45) is 0. The predicted octanol–water partition coefficient (Wildman–Crippen LogP) is 2.24. The Kier molecular flexibility index (Phi) is 4.30. The van der Waals surface area contributed by atoms with E-state index in [1.807, 2.05) is 0 Å². The molecule has 0 saturated heterocycles. The van der Waals surface area contributed by atoms with Crippen LogP contribution in [0.1, 0.15) is 18.5 Å². The molecule has 0 unspecified atom stereocenters. The van der Waals surface area contributed by atoms with Gasteiger partial charge in [0.15, 0.2) is 0 Å². The van der Waals surface area contributed by atoms with Crippen LogP contribution in [0.15, 0.2) is 30.3 Å². The number of hydrogen-bond acceptors (Lipinski definition) is 2. The maximum atomic E-state index is 2.28. The third kappa shape index (κ3) is 3.05. The topological polar surface area (TPSA) is 6.48 Å². The molecule has 1 aromatic rings. The Morgan fingerprint density at radius 1 is 0.867 bits per heavy atom. The van der Waals surface area contributed by atoms with Gasteiger partial charge in [-0.3, -0.25) is 0 Å². The second kappa shape index (κ2) is 5.29. The molecule has 1 rings (SSSR count). The summed E-state index contributed by atoms with van der Waals surface area (Å²) >= 11 is 0. The van der Waals surface area contributed by atoms with Gasteiger partial charge in [-0.05, 0) is 40.7 Å². The van der Waals surface area contributed by atoms with Crippen molar-refractivity contribution in [1.29, 1.82) is 0 Å². The van der Waals surface area contributed by atoms with Crippen LogP contribution in [0.2, 0.25) is 0 Å². The van der Waals surface area contributed by atoms with Gasteiger partial charge in [-0.1, -0.05) is 30.3 Å². The lowest BCUT2D eigenvalue weighted by atomic mass is 9.99. The van der Waals surface area contributed by atoms with Gasteiger partial charge in [-0.2, -0.15) is 0 Å². The van der Waals surface area contributed by atoms with Crippen LogP contribution < -0.4 is 0 Å². The first kappa shape index (κ1) is 12.2. The largest absolute Gasteiger partial charge is 0.305 e. The van der Waals surface area contributed by atoms with Gasteiger partial charge in [0.05, 0.1) is 0 Å². The average Bonchev–Trinajstić information content (AvgIpc) is 2.18. The predicted molar refractivity (Wildman–Crippen MR) is 66.0 cm³/mol. The number of nitrogens with zero attached hydrogens (tertiary/aromatic N) is 2. The fraction of sp³-hybridized carbons (Fsp3) is 0.538. The van der Waals surface area contributed by atoms with Gasteiger partial charge in [-0.15, -0.1) is 0 Å². The van der Waals surface area contributed by atoms with Gasteiger partial charge in [0.2, 0.25) is 0 Å². The second-order valence-electron chi connectivity index (χ2n) is 4.52. The molecule has 0 heterocycles. The molecule has 0 amide bonds. The first-order valence-electron chi connectivity index (χ1n) is 5.42. The van der Waals surface area contributed by atoms with E-state index in [-0.39, 0.29) is 0 Å². The van der Waals surface area contributed by atoms with Crippen LogP contribution in [-0.2, 0) is 0 Å². The molecule has 0 bridgehead atoms. The Balaban J connectivity index is 2.93. The van der Waals surface area contributed by atoms with Crippen molar-refractivity contribution in [2.24, 2.45) is 0 Å². The Hall–Kier alpha value is -0.860. The molecular formula is C13H22N2. The maximum Gasteiger partial charge on any atom is 0.0495 e. The lowest BCUT2D eigenvalue weighted by Crippen LogP contribution is -2.38. The summed E-state index contributed by atoms with van der Waals surface area (Å²) in [4.78, 5) is 4.54. The first-order chi connectivity index (χ1) is 7.04.